The van der Waals surface area contributed by atoms with Crippen LogP contribution in [-0.2, 0) is 0 Å². The highest BCUT2D eigenvalue weighted by molar-refractivity contribution is 5.89. The lowest BCUT2D eigenvalue weighted by Crippen LogP contribution is -2.38. The number of aliphatic hydroxyl groups excluding tert-OH is 1. The van der Waals surface area contributed by atoms with E-state index in [1.54, 1.807) is 6.26 Å². The lowest BCUT2D eigenvalue weighted by molar-refractivity contribution is 0.120. The molecule has 1 aromatic carbocycles. The Bertz CT molecular complexity index is 670. The van der Waals surface area contributed by atoms with Crippen molar-refractivity contribution in [3.63, 3.8) is 0 Å². The van der Waals surface area contributed by atoms with E-state index in [-0.39, 0.29) is 12.6 Å². The molecule has 1 saturated heterocycles. The first-order valence-corrected chi connectivity index (χ1v) is 9.26. The molecule has 2 aromatic rings. The number of hydrogen-bond acceptors (Lipinski definition) is 4. The Morgan fingerprint density at radius 2 is 2.12 bits per heavy atom. The van der Waals surface area contributed by atoms with E-state index in [1.807, 2.05) is 36.4 Å². The van der Waals surface area contributed by atoms with Crippen LogP contribution < -0.4 is 10.6 Å². The van der Waals surface area contributed by atoms with Gasteiger partial charge in [0.15, 0.2) is 0 Å². The topological polar surface area (TPSA) is 77.7 Å². The fraction of sp³-hybridized carbons (Fsp3) is 0.450. The number of urea groups is 1. The predicted molar refractivity (Wildman–Crippen MR) is 102 cm³/mol. The average molecular weight is 357 g/mol. The zero-order chi connectivity index (χ0) is 18.2. The van der Waals surface area contributed by atoms with Crippen molar-refractivity contribution < 1.29 is 14.3 Å². The molecular weight excluding hydrogens is 330 g/mol. The van der Waals surface area contributed by atoms with Crippen molar-refractivity contribution >= 4 is 11.7 Å². The van der Waals surface area contributed by atoms with E-state index in [0.717, 1.165) is 55.9 Å². The number of furan rings is 1. The number of aliphatic hydroxyl groups is 1. The third kappa shape index (κ3) is 5.34. The number of likely N-dealkylation sites (tertiary alicyclic amines) is 1. The summed E-state index contributed by atoms with van der Waals surface area (Å²) in [5.74, 6) is 1.21. The number of amides is 2. The zero-order valence-corrected chi connectivity index (χ0v) is 15.0. The van der Waals surface area contributed by atoms with Crippen molar-refractivity contribution in [3.05, 3.63) is 42.7 Å². The maximum Gasteiger partial charge on any atom is 0.319 e. The highest BCUT2D eigenvalue weighted by Crippen LogP contribution is 2.21. The van der Waals surface area contributed by atoms with Gasteiger partial charge in [-0.3, -0.25) is 0 Å². The van der Waals surface area contributed by atoms with Gasteiger partial charge in [-0.2, -0.15) is 0 Å². The summed E-state index contributed by atoms with van der Waals surface area (Å²) in [6.45, 7) is 3.91. The summed E-state index contributed by atoms with van der Waals surface area (Å²) in [7, 11) is 0. The molecule has 2 amide bonds. The van der Waals surface area contributed by atoms with Crippen LogP contribution in [0.5, 0.6) is 0 Å². The molecule has 0 bridgehead atoms. The fourth-order valence-electron chi connectivity index (χ4n) is 3.34. The van der Waals surface area contributed by atoms with Crippen LogP contribution >= 0.6 is 0 Å². The van der Waals surface area contributed by atoms with E-state index in [4.69, 9.17) is 4.42 Å². The maximum atomic E-state index is 12.0. The minimum Gasteiger partial charge on any atom is -0.464 e. The SMILES string of the molecule is O=C(NCCCN1CCC[C@H](CO)C1)Nc1ccc(-c2ccco2)cc1. The Balaban J connectivity index is 1.35. The predicted octanol–water partition coefficient (Wildman–Crippen LogP) is 3.16. The fourth-order valence-corrected chi connectivity index (χ4v) is 3.34. The largest absolute Gasteiger partial charge is 0.464 e. The van der Waals surface area contributed by atoms with Crippen molar-refractivity contribution in [1.82, 2.24) is 10.2 Å². The van der Waals surface area contributed by atoms with Crippen LogP contribution in [0.3, 0.4) is 0 Å². The molecule has 1 aromatic heterocycles. The summed E-state index contributed by atoms with van der Waals surface area (Å²) in [5, 5.41) is 15.0. The summed E-state index contributed by atoms with van der Waals surface area (Å²) < 4.78 is 5.35. The first-order valence-electron chi connectivity index (χ1n) is 9.26. The van der Waals surface area contributed by atoms with Gasteiger partial charge < -0.3 is 25.1 Å². The molecule has 1 aliphatic heterocycles. The van der Waals surface area contributed by atoms with Crippen LogP contribution in [0.25, 0.3) is 11.3 Å². The molecule has 140 valence electrons. The molecule has 6 nitrogen and oxygen atoms in total. The van der Waals surface area contributed by atoms with Gasteiger partial charge in [-0.05, 0) is 74.7 Å². The van der Waals surface area contributed by atoms with Crippen LogP contribution in [0, 0.1) is 5.92 Å². The van der Waals surface area contributed by atoms with Gasteiger partial charge >= 0.3 is 6.03 Å². The van der Waals surface area contributed by atoms with Crippen molar-refractivity contribution in [3.8, 4) is 11.3 Å². The maximum absolute atomic E-state index is 12.0. The Morgan fingerprint density at radius 1 is 1.27 bits per heavy atom. The van der Waals surface area contributed by atoms with Gasteiger partial charge in [0.1, 0.15) is 5.76 Å². The number of carbonyl (C=O) groups is 1. The number of nitrogens with zero attached hydrogens (tertiary/aromatic N) is 1. The van der Waals surface area contributed by atoms with Gasteiger partial charge in [-0.1, -0.05) is 0 Å². The van der Waals surface area contributed by atoms with Crippen LogP contribution in [0.4, 0.5) is 10.5 Å². The number of piperidine rings is 1. The third-order valence-electron chi connectivity index (χ3n) is 4.75. The molecule has 1 atom stereocenters. The molecule has 0 spiro atoms. The number of hydrogen-bond donors (Lipinski definition) is 3. The lowest BCUT2D eigenvalue weighted by Gasteiger charge is -2.31. The zero-order valence-electron chi connectivity index (χ0n) is 15.0. The number of anilines is 1. The number of carbonyl (C=O) groups excluding carboxylic acids is 1. The number of benzene rings is 1. The van der Waals surface area contributed by atoms with Gasteiger partial charge in [0.25, 0.3) is 0 Å². The van der Waals surface area contributed by atoms with Crippen LogP contribution in [0.15, 0.2) is 47.1 Å². The highest BCUT2D eigenvalue weighted by atomic mass is 16.3. The summed E-state index contributed by atoms with van der Waals surface area (Å²) in [5.41, 5.74) is 1.73. The average Bonchev–Trinajstić information content (AvgIpc) is 3.21. The molecular formula is C20H27N3O3. The lowest BCUT2D eigenvalue weighted by atomic mass is 9.99. The second kappa shape index (κ2) is 9.40. The summed E-state index contributed by atoms with van der Waals surface area (Å²) in [6.07, 6.45) is 4.81. The molecule has 26 heavy (non-hydrogen) atoms. The van der Waals surface area contributed by atoms with Crippen LogP contribution in [-0.4, -0.2) is 48.8 Å². The van der Waals surface area contributed by atoms with Crippen molar-refractivity contribution in [2.75, 3.05) is 38.1 Å². The molecule has 2 heterocycles. The smallest absolute Gasteiger partial charge is 0.319 e. The second-order valence-corrected chi connectivity index (χ2v) is 6.78. The Morgan fingerprint density at radius 3 is 2.85 bits per heavy atom. The van der Waals surface area contributed by atoms with Gasteiger partial charge in [-0.25, -0.2) is 4.79 Å². The van der Waals surface area contributed by atoms with E-state index in [1.165, 1.54) is 0 Å². The molecule has 1 fully saturated rings. The first kappa shape index (κ1) is 18.5. The molecule has 3 rings (SSSR count). The summed E-state index contributed by atoms with van der Waals surface area (Å²) >= 11 is 0. The molecule has 6 heteroatoms. The van der Waals surface area contributed by atoms with E-state index < -0.39 is 0 Å². The number of rotatable bonds is 7. The highest BCUT2D eigenvalue weighted by Gasteiger charge is 2.18. The van der Waals surface area contributed by atoms with E-state index in [2.05, 4.69) is 15.5 Å². The van der Waals surface area contributed by atoms with Crippen molar-refractivity contribution in [2.45, 2.75) is 19.3 Å². The molecule has 1 aliphatic rings. The molecule has 0 aliphatic carbocycles. The summed E-state index contributed by atoms with van der Waals surface area (Å²) in [4.78, 5) is 14.4. The first-order chi connectivity index (χ1) is 12.7. The third-order valence-corrected chi connectivity index (χ3v) is 4.75. The second-order valence-electron chi connectivity index (χ2n) is 6.78. The molecule has 0 radical (unpaired) electrons. The minimum atomic E-state index is -0.192. The normalized spacial score (nSPS) is 17.8. The van der Waals surface area contributed by atoms with Crippen molar-refractivity contribution in [2.24, 2.45) is 5.92 Å². The van der Waals surface area contributed by atoms with Crippen molar-refractivity contribution in [1.29, 1.82) is 0 Å². The minimum absolute atomic E-state index is 0.192. The van der Waals surface area contributed by atoms with E-state index in [9.17, 15) is 9.90 Å². The van der Waals surface area contributed by atoms with Gasteiger partial charge in [0.2, 0.25) is 0 Å². The Kier molecular flexibility index (Phi) is 6.68. The van der Waals surface area contributed by atoms with Gasteiger partial charge in [0.05, 0.1) is 6.26 Å². The number of nitrogens with one attached hydrogen (secondary N) is 2. The van der Waals surface area contributed by atoms with E-state index in [0.29, 0.717) is 12.5 Å². The van der Waals surface area contributed by atoms with Gasteiger partial charge in [0, 0.05) is 30.9 Å². The standard InChI is InChI=1S/C20H27N3O3/c24-15-16-4-1-11-23(14-16)12-3-10-21-20(25)22-18-8-6-17(7-9-18)19-5-2-13-26-19/h2,5-9,13,16,24H,1,3-4,10-12,14-15H2,(H2,21,22,25)/t16-/m0/s1. The molecule has 3 N–H and O–H groups in total. The summed E-state index contributed by atoms with van der Waals surface area (Å²) in [6, 6.07) is 11.1. The van der Waals surface area contributed by atoms with E-state index >= 15 is 0 Å². The molecule has 0 saturated carbocycles. The monoisotopic (exact) mass is 357 g/mol. The van der Waals surface area contributed by atoms with Gasteiger partial charge in [-0.15, -0.1) is 0 Å². The molecule has 0 unspecified atom stereocenters. The van der Waals surface area contributed by atoms with Crippen LogP contribution in [0.2, 0.25) is 0 Å². The Hall–Kier alpha value is -2.31. The van der Waals surface area contributed by atoms with Crippen LogP contribution in [0.1, 0.15) is 19.3 Å². The Labute approximate surface area is 154 Å². The quantitative estimate of drug-likeness (QED) is 0.665.